The SMILES string of the molecule is O=C(Nc1sc2c(c1C(=O)N1CCC3(CC3)C1)C[C@H](n1cnnc1Nc1cccnc1)CC2)C1CC1. The molecule has 3 fully saturated rings. The summed E-state index contributed by atoms with van der Waals surface area (Å²) in [7, 11) is 0. The molecule has 36 heavy (non-hydrogen) atoms. The fourth-order valence-corrected chi connectivity index (χ4v) is 6.93. The van der Waals surface area contributed by atoms with E-state index in [0.29, 0.717) is 17.8 Å². The van der Waals surface area contributed by atoms with Gasteiger partial charge in [-0.1, -0.05) is 0 Å². The molecule has 1 aliphatic heterocycles. The van der Waals surface area contributed by atoms with Gasteiger partial charge in [0.25, 0.3) is 5.91 Å². The fourth-order valence-electron chi connectivity index (χ4n) is 5.69. The molecule has 0 aromatic carbocycles. The van der Waals surface area contributed by atoms with Crippen LogP contribution in [0.15, 0.2) is 30.9 Å². The Labute approximate surface area is 213 Å². The van der Waals surface area contributed by atoms with E-state index in [4.69, 9.17) is 0 Å². The lowest BCUT2D eigenvalue weighted by atomic mass is 9.90. The molecule has 9 nitrogen and oxygen atoms in total. The number of rotatable bonds is 6. The molecular formula is C26H29N7O2S. The van der Waals surface area contributed by atoms with Crippen molar-refractivity contribution in [2.75, 3.05) is 23.7 Å². The van der Waals surface area contributed by atoms with Crippen molar-refractivity contribution < 1.29 is 9.59 Å². The van der Waals surface area contributed by atoms with E-state index >= 15 is 0 Å². The third-order valence-corrected chi connectivity index (χ3v) is 9.41. The average Bonchev–Trinajstić information content (AvgIpc) is 3.74. The Morgan fingerprint density at radius 2 is 2.06 bits per heavy atom. The molecule has 2 saturated carbocycles. The van der Waals surface area contributed by atoms with Crippen molar-refractivity contribution in [1.82, 2.24) is 24.6 Å². The monoisotopic (exact) mass is 503 g/mol. The van der Waals surface area contributed by atoms with Crippen LogP contribution in [0.3, 0.4) is 0 Å². The molecule has 0 radical (unpaired) electrons. The summed E-state index contributed by atoms with van der Waals surface area (Å²) in [6.07, 6.45) is 13.2. The number of carbonyl (C=O) groups excluding carboxylic acids is 2. The minimum absolute atomic E-state index is 0.0565. The summed E-state index contributed by atoms with van der Waals surface area (Å²) < 4.78 is 2.07. The highest BCUT2D eigenvalue weighted by molar-refractivity contribution is 7.17. The highest BCUT2D eigenvalue weighted by atomic mass is 32.1. The molecule has 3 aromatic heterocycles. The normalized spacial score (nSPS) is 21.9. The number of nitrogens with zero attached hydrogens (tertiary/aromatic N) is 5. The molecule has 1 atom stereocenters. The van der Waals surface area contributed by atoms with Crippen molar-refractivity contribution >= 4 is 39.8 Å². The standard InChI is InChI=1S/C26H29N7O2S/c34-22(16-3-4-16)30-23-21(24(35)32-11-9-26(14-32)7-8-26)19-12-18(5-6-20(19)36-23)33-15-28-31-25(33)29-17-2-1-10-27-13-17/h1-2,10,13,15-16,18H,3-9,11-12,14H2,(H,29,31)(H,30,34)/t18-/m1/s1. The largest absolute Gasteiger partial charge is 0.338 e. The topological polar surface area (TPSA) is 105 Å². The fraction of sp³-hybridized carbons (Fsp3) is 0.500. The van der Waals surface area contributed by atoms with Crippen LogP contribution in [0.1, 0.15) is 65.4 Å². The zero-order chi connectivity index (χ0) is 24.3. The quantitative estimate of drug-likeness (QED) is 0.523. The van der Waals surface area contributed by atoms with E-state index in [-0.39, 0.29) is 23.8 Å². The molecule has 2 N–H and O–H groups in total. The zero-order valence-corrected chi connectivity index (χ0v) is 20.9. The summed E-state index contributed by atoms with van der Waals surface area (Å²) in [4.78, 5) is 34.0. The molecule has 7 rings (SSSR count). The van der Waals surface area contributed by atoms with Gasteiger partial charge in [0, 0.05) is 36.1 Å². The maximum atomic E-state index is 13.9. The summed E-state index contributed by atoms with van der Waals surface area (Å²) in [6.45, 7) is 1.66. The van der Waals surface area contributed by atoms with Crippen LogP contribution < -0.4 is 10.6 Å². The highest BCUT2D eigenvalue weighted by Gasteiger charge is 2.49. The molecule has 186 valence electrons. The van der Waals surface area contributed by atoms with Gasteiger partial charge in [0.2, 0.25) is 11.9 Å². The average molecular weight is 504 g/mol. The van der Waals surface area contributed by atoms with Crippen LogP contribution in [0.5, 0.6) is 0 Å². The van der Waals surface area contributed by atoms with Gasteiger partial charge in [0.1, 0.15) is 11.3 Å². The Morgan fingerprint density at radius 3 is 2.81 bits per heavy atom. The number of hydrogen-bond acceptors (Lipinski definition) is 7. The van der Waals surface area contributed by atoms with Gasteiger partial charge in [0.15, 0.2) is 0 Å². The van der Waals surface area contributed by atoms with Crippen molar-refractivity contribution in [3.05, 3.63) is 46.9 Å². The van der Waals surface area contributed by atoms with E-state index < -0.39 is 0 Å². The van der Waals surface area contributed by atoms with Crippen LogP contribution in [0.4, 0.5) is 16.6 Å². The van der Waals surface area contributed by atoms with E-state index in [1.807, 2.05) is 17.0 Å². The van der Waals surface area contributed by atoms with Gasteiger partial charge in [-0.2, -0.15) is 0 Å². The lowest BCUT2D eigenvalue weighted by molar-refractivity contribution is -0.117. The molecule has 1 saturated heterocycles. The minimum Gasteiger partial charge on any atom is -0.338 e. The van der Waals surface area contributed by atoms with Gasteiger partial charge in [-0.15, -0.1) is 21.5 Å². The summed E-state index contributed by atoms with van der Waals surface area (Å²) in [6, 6.07) is 3.94. The number of fused-ring (bicyclic) bond motifs is 1. The van der Waals surface area contributed by atoms with Crippen LogP contribution in [0.25, 0.3) is 0 Å². The van der Waals surface area contributed by atoms with Crippen LogP contribution in [0.2, 0.25) is 0 Å². The number of carbonyl (C=O) groups is 2. The van der Waals surface area contributed by atoms with Gasteiger partial charge >= 0.3 is 0 Å². The zero-order valence-electron chi connectivity index (χ0n) is 20.1. The van der Waals surface area contributed by atoms with E-state index in [1.54, 1.807) is 30.1 Å². The molecule has 2 amide bonds. The highest BCUT2D eigenvalue weighted by Crippen LogP contribution is 2.53. The molecule has 1 spiro atoms. The number of likely N-dealkylation sites (tertiary alicyclic amines) is 1. The predicted molar refractivity (Wildman–Crippen MR) is 136 cm³/mol. The number of pyridine rings is 1. The number of thiophene rings is 1. The molecule has 0 bridgehead atoms. The summed E-state index contributed by atoms with van der Waals surface area (Å²) >= 11 is 1.60. The van der Waals surface area contributed by atoms with Crippen molar-refractivity contribution in [1.29, 1.82) is 0 Å². The third kappa shape index (κ3) is 3.97. The number of aryl methyl sites for hydroxylation is 1. The van der Waals surface area contributed by atoms with Crippen molar-refractivity contribution in [2.45, 2.75) is 57.4 Å². The second kappa shape index (κ2) is 8.40. The van der Waals surface area contributed by atoms with Gasteiger partial charge in [-0.3, -0.25) is 19.1 Å². The first-order chi connectivity index (χ1) is 17.6. The maximum absolute atomic E-state index is 13.9. The van der Waals surface area contributed by atoms with E-state index in [2.05, 4.69) is 30.4 Å². The van der Waals surface area contributed by atoms with Crippen molar-refractivity contribution in [3.8, 4) is 0 Å². The van der Waals surface area contributed by atoms with Gasteiger partial charge < -0.3 is 15.5 Å². The number of anilines is 3. The Kier molecular flexibility index (Phi) is 5.13. The second-order valence-electron chi connectivity index (χ2n) is 10.8. The maximum Gasteiger partial charge on any atom is 0.257 e. The first kappa shape index (κ1) is 22.0. The second-order valence-corrected chi connectivity index (χ2v) is 11.9. The predicted octanol–water partition coefficient (Wildman–Crippen LogP) is 4.18. The summed E-state index contributed by atoms with van der Waals surface area (Å²) in [5.41, 5.74) is 3.02. The van der Waals surface area contributed by atoms with Crippen molar-refractivity contribution in [3.63, 3.8) is 0 Å². The van der Waals surface area contributed by atoms with Crippen LogP contribution in [-0.2, 0) is 17.6 Å². The smallest absolute Gasteiger partial charge is 0.257 e. The number of hydrogen-bond donors (Lipinski definition) is 2. The van der Waals surface area contributed by atoms with E-state index in [0.717, 1.165) is 67.0 Å². The Morgan fingerprint density at radius 1 is 1.17 bits per heavy atom. The lowest BCUT2D eigenvalue weighted by Crippen LogP contribution is -2.31. The van der Waals surface area contributed by atoms with E-state index in [1.165, 1.54) is 17.7 Å². The van der Waals surface area contributed by atoms with Gasteiger partial charge in [-0.05, 0) is 74.5 Å². The van der Waals surface area contributed by atoms with Crippen LogP contribution in [-0.4, -0.2) is 49.6 Å². The lowest BCUT2D eigenvalue weighted by Gasteiger charge is -2.26. The number of aromatic nitrogens is 4. The van der Waals surface area contributed by atoms with Crippen molar-refractivity contribution in [2.24, 2.45) is 11.3 Å². The molecule has 3 aromatic rings. The van der Waals surface area contributed by atoms with Gasteiger partial charge in [0.05, 0.1) is 17.4 Å². The number of amides is 2. The molecule has 3 aliphatic carbocycles. The van der Waals surface area contributed by atoms with Gasteiger partial charge in [-0.25, -0.2) is 0 Å². The third-order valence-electron chi connectivity index (χ3n) is 8.20. The first-order valence-electron chi connectivity index (χ1n) is 12.9. The molecule has 4 heterocycles. The molecular weight excluding hydrogens is 474 g/mol. The molecule has 10 heteroatoms. The summed E-state index contributed by atoms with van der Waals surface area (Å²) in [5.74, 6) is 0.901. The molecule has 4 aliphatic rings. The van der Waals surface area contributed by atoms with Crippen LogP contribution in [0, 0.1) is 11.3 Å². The minimum atomic E-state index is 0.0565. The number of nitrogens with one attached hydrogen (secondary N) is 2. The first-order valence-corrected chi connectivity index (χ1v) is 13.7. The van der Waals surface area contributed by atoms with E-state index in [9.17, 15) is 9.59 Å². The Hall–Kier alpha value is -3.27. The molecule has 0 unspecified atom stereocenters. The Balaban J connectivity index is 1.19. The van der Waals surface area contributed by atoms with Crippen LogP contribution >= 0.6 is 11.3 Å². The summed E-state index contributed by atoms with van der Waals surface area (Å²) in [5, 5.41) is 15.7. The Bertz CT molecular complexity index is 1330.